The number of aliphatic hydroxyl groups is 2. The van der Waals surface area contributed by atoms with Gasteiger partial charge in [0.25, 0.3) is 5.91 Å². The van der Waals surface area contributed by atoms with Gasteiger partial charge >= 0.3 is 11.9 Å². The van der Waals surface area contributed by atoms with E-state index in [0.717, 1.165) is 0 Å². The first-order valence-corrected chi connectivity index (χ1v) is 29.0. The number of aliphatic hydroxyl groups excluding tert-OH is 2. The van der Waals surface area contributed by atoms with Gasteiger partial charge in [0, 0.05) is 0 Å². The summed E-state index contributed by atoms with van der Waals surface area (Å²) in [6.07, 6.45) is -0.703. The van der Waals surface area contributed by atoms with E-state index in [1.54, 1.807) is 47.8 Å². The van der Waals surface area contributed by atoms with Gasteiger partial charge in [0.05, 0.1) is 19.1 Å². The largest absolute Gasteiger partial charge is 0.481 e. The normalized spacial score (nSPS) is 16.2. The number of nitrogens with one attached hydrogen (secondary N) is 12. The van der Waals surface area contributed by atoms with E-state index in [2.05, 4.69) is 69.5 Å². The molecule has 32 heteroatoms. The Labute approximate surface area is 493 Å². The molecular weight excluding hydrogens is 1130 g/mol. The standard InChI is InChI=1S/C52H91N13O18S/c1-22(2)17-33(48(78)59-32(15-16-84-14)46(76)56-29(11)44(74)64-37(21-66)50(80)63-36(52(82)83)19-24(5)6)60-43(73)28(10)57-47(77)35(20-38(68)69)62-49(79)34(18-23(3)4)61-42(72)27(9)55-41(71)26(8)58-51(81)39(31(13)67)65-45(75)30(12)54-40(70)25(7)53/h22-37,39,66-67H,15-21,53H2,1-14H3,(H,54,70)(H,55,71)(H,56,76)(H,57,77)(H,58,81)(H,59,78)(H,60,73)(H,61,72)(H,62,79)(H,63,80)(H,64,74)(H,65,75)(H,68,69)(H,82,83)/p+1/t25-,26-,27-,28-,29-,30-,31+,32-,33-,34-,35-,36-,37-,39-/m0/s1. The fraction of sp³-hybridized carbons (Fsp3) is 0.731. The van der Waals surface area contributed by atoms with Crippen LogP contribution in [0.25, 0.3) is 0 Å². The number of hydrogen-bond donors (Lipinski definition) is 17. The van der Waals surface area contributed by atoms with E-state index in [1.807, 2.05) is 0 Å². The SMILES string of the molecule is CSCC[C@H](NC(=O)[C@H](CC(C)C)NC(=O)[C@H](C)NC(=O)[C@H](CC(=O)O)NC(=O)[C@H](CC(C)C)NC(=O)[C@H](C)NC(=O)[C@H](C)NC(=O)[C@@H](NC(=O)[C@H](C)NC(=O)[C@H](C)[NH3+])[C@@H](C)O)C(=O)N[C@@H](C)C(=O)N[C@@H](CO)C(=O)N[C@@H](CC(C)C)C(=O)O. The molecule has 19 N–H and O–H groups in total. The molecule has 0 rings (SSSR count). The molecule has 0 aliphatic carbocycles. The van der Waals surface area contributed by atoms with Gasteiger partial charge in [-0.15, -0.1) is 0 Å². The number of carboxylic acid groups (broad SMARTS) is 2. The molecule has 14 atom stereocenters. The van der Waals surface area contributed by atoms with Gasteiger partial charge in [-0.3, -0.25) is 62.3 Å². The molecule has 0 bridgehead atoms. The summed E-state index contributed by atoms with van der Waals surface area (Å²) in [5, 5.41) is 68.0. The molecule has 0 radical (unpaired) electrons. The lowest BCUT2D eigenvalue weighted by atomic mass is 10.0. The van der Waals surface area contributed by atoms with E-state index < -0.39 is 181 Å². The van der Waals surface area contributed by atoms with Crippen molar-refractivity contribution < 1.29 is 93.3 Å². The number of aliphatic carboxylic acids is 2. The Balaban J connectivity index is 6.10. The highest BCUT2D eigenvalue weighted by Gasteiger charge is 2.36. The highest BCUT2D eigenvalue weighted by molar-refractivity contribution is 7.98. The van der Waals surface area contributed by atoms with E-state index in [1.165, 1.54) is 60.2 Å². The molecule has 0 heterocycles. The Morgan fingerprint density at radius 3 is 1.05 bits per heavy atom. The van der Waals surface area contributed by atoms with Crippen molar-refractivity contribution in [3.8, 4) is 0 Å². The quantitative estimate of drug-likeness (QED) is 0.0274. The van der Waals surface area contributed by atoms with Crippen molar-refractivity contribution >= 4 is 94.6 Å². The molecule has 0 fully saturated rings. The Kier molecular flexibility index (Phi) is 34.7. The first-order chi connectivity index (χ1) is 38.9. The number of rotatable bonds is 38. The van der Waals surface area contributed by atoms with Gasteiger partial charge in [-0.2, -0.15) is 11.8 Å². The second-order valence-corrected chi connectivity index (χ2v) is 22.9. The van der Waals surface area contributed by atoms with Crippen molar-refractivity contribution in [2.24, 2.45) is 17.8 Å². The molecule has 0 saturated carbocycles. The molecule has 0 aromatic rings. The Bertz CT molecular complexity index is 2310. The number of thioether (sulfide) groups is 1. The third kappa shape index (κ3) is 28.9. The van der Waals surface area contributed by atoms with Gasteiger partial charge in [0.2, 0.25) is 65.0 Å². The Hall–Kier alpha value is -7.19. The number of carbonyl (C=O) groups is 14. The van der Waals surface area contributed by atoms with Crippen molar-refractivity contribution in [1.29, 1.82) is 0 Å². The monoisotopic (exact) mass is 1220 g/mol. The summed E-state index contributed by atoms with van der Waals surface area (Å²) in [6, 6.07) is -17.7. The molecule has 0 aromatic carbocycles. The van der Waals surface area contributed by atoms with Gasteiger partial charge in [-0.05, 0) is 104 Å². The van der Waals surface area contributed by atoms with Crippen LogP contribution in [-0.4, -0.2) is 207 Å². The van der Waals surface area contributed by atoms with Crippen LogP contribution in [0.2, 0.25) is 0 Å². The van der Waals surface area contributed by atoms with Crippen LogP contribution in [0, 0.1) is 17.8 Å². The van der Waals surface area contributed by atoms with Crippen molar-refractivity contribution in [2.75, 3.05) is 18.6 Å². The van der Waals surface area contributed by atoms with Crippen LogP contribution in [0.1, 0.15) is 122 Å². The van der Waals surface area contributed by atoms with Crippen molar-refractivity contribution in [3.63, 3.8) is 0 Å². The van der Waals surface area contributed by atoms with Crippen molar-refractivity contribution in [2.45, 2.75) is 207 Å². The third-order valence-corrected chi connectivity index (χ3v) is 13.0. The summed E-state index contributed by atoms with van der Waals surface area (Å²) >= 11 is 1.33. The van der Waals surface area contributed by atoms with E-state index in [4.69, 9.17) is 0 Å². The maximum absolute atomic E-state index is 13.9. The zero-order chi connectivity index (χ0) is 65.0. The molecule has 31 nitrogen and oxygen atoms in total. The van der Waals surface area contributed by atoms with Gasteiger partial charge < -0.3 is 90.0 Å². The summed E-state index contributed by atoms with van der Waals surface area (Å²) in [4.78, 5) is 183. The summed E-state index contributed by atoms with van der Waals surface area (Å²) in [7, 11) is 0. The summed E-state index contributed by atoms with van der Waals surface area (Å²) < 4.78 is 0. The topological polar surface area (TPSA) is 492 Å². The average molecular weight is 1220 g/mol. The molecule has 12 amide bonds. The highest BCUT2D eigenvalue weighted by atomic mass is 32.2. The predicted molar refractivity (Wildman–Crippen MR) is 304 cm³/mol. The van der Waals surface area contributed by atoms with Crippen LogP contribution < -0.4 is 69.5 Å². The van der Waals surface area contributed by atoms with Crippen LogP contribution in [0.4, 0.5) is 0 Å². The average Bonchev–Trinajstić information content (AvgIpc) is 3.52. The second kappa shape index (κ2) is 37.9. The minimum absolute atomic E-state index is 0.00293. The molecule has 0 aliphatic rings. The van der Waals surface area contributed by atoms with E-state index in [0.29, 0.717) is 5.75 Å². The van der Waals surface area contributed by atoms with Gasteiger partial charge in [-0.1, -0.05) is 41.5 Å². The number of carbonyl (C=O) groups excluding carboxylic acids is 12. The summed E-state index contributed by atoms with van der Waals surface area (Å²) in [5.74, 6) is -14.1. The molecule has 0 spiro atoms. The van der Waals surface area contributed by atoms with Crippen LogP contribution in [-0.2, 0) is 67.1 Å². The maximum atomic E-state index is 13.9. The van der Waals surface area contributed by atoms with Crippen LogP contribution in [0.15, 0.2) is 0 Å². The second-order valence-electron chi connectivity index (χ2n) is 21.9. The zero-order valence-electron chi connectivity index (χ0n) is 50.4. The number of amides is 12. The molecule has 478 valence electrons. The molecular formula is C52H92N13O18S+. The number of hydrogen-bond acceptors (Lipinski definition) is 17. The predicted octanol–water partition coefficient (Wildman–Crippen LogP) is -5.64. The maximum Gasteiger partial charge on any atom is 0.326 e. The van der Waals surface area contributed by atoms with E-state index in [9.17, 15) is 87.5 Å². The zero-order valence-corrected chi connectivity index (χ0v) is 51.2. The molecule has 84 heavy (non-hydrogen) atoms. The van der Waals surface area contributed by atoms with Gasteiger partial charge in [0.1, 0.15) is 72.5 Å². The molecule has 0 aromatic heterocycles. The lowest BCUT2D eigenvalue weighted by Crippen LogP contribution is -2.67. The summed E-state index contributed by atoms with van der Waals surface area (Å²) in [6.45, 7) is 18.4. The molecule has 0 unspecified atom stereocenters. The minimum atomic E-state index is -1.84. The fourth-order valence-electron chi connectivity index (χ4n) is 7.52. The van der Waals surface area contributed by atoms with Crippen molar-refractivity contribution in [3.05, 3.63) is 0 Å². The fourth-order valence-corrected chi connectivity index (χ4v) is 8.00. The highest BCUT2D eigenvalue weighted by Crippen LogP contribution is 2.11. The lowest BCUT2D eigenvalue weighted by molar-refractivity contribution is -0.398. The molecule has 0 aliphatic heterocycles. The van der Waals surface area contributed by atoms with Crippen LogP contribution in [0.5, 0.6) is 0 Å². The number of carboxylic acids is 2. The minimum Gasteiger partial charge on any atom is -0.481 e. The van der Waals surface area contributed by atoms with Gasteiger partial charge in [-0.25, -0.2) is 4.79 Å². The summed E-state index contributed by atoms with van der Waals surface area (Å²) in [5.41, 5.74) is 3.56. The van der Waals surface area contributed by atoms with Crippen LogP contribution >= 0.6 is 11.8 Å². The smallest absolute Gasteiger partial charge is 0.326 e. The van der Waals surface area contributed by atoms with Gasteiger partial charge in [0.15, 0.2) is 6.04 Å². The van der Waals surface area contributed by atoms with Crippen LogP contribution in [0.3, 0.4) is 0 Å². The van der Waals surface area contributed by atoms with Crippen molar-refractivity contribution in [1.82, 2.24) is 63.8 Å². The Morgan fingerprint density at radius 2 is 0.679 bits per heavy atom. The Morgan fingerprint density at radius 1 is 0.381 bits per heavy atom. The van der Waals surface area contributed by atoms with E-state index >= 15 is 0 Å². The number of quaternary nitrogens is 1. The lowest BCUT2D eigenvalue weighted by Gasteiger charge is -2.27. The third-order valence-electron chi connectivity index (χ3n) is 12.3. The first kappa shape index (κ1) is 76.8. The molecule has 0 saturated heterocycles. The first-order valence-electron chi connectivity index (χ1n) is 27.6. The van der Waals surface area contributed by atoms with E-state index in [-0.39, 0.29) is 43.4 Å².